The lowest BCUT2D eigenvalue weighted by Gasteiger charge is -2.27. The quantitative estimate of drug-likeness (QED) is 0.331. The van der Waals surface area contributed by atoms with Gasteiger partial charge in [-0.25, -0.2) is 10.2 Å². The Bertz CT molecular complexity index is 1350. The van der Waals surface area contributed by atoms with Crippen LogP contribution in [0.5, 0.6) is 0 Å². The summed E-state index contributed by atoms with van der Waals surface area (Å²) in [5.41, 5.74) is 5.76. The van der Waals surface area contributed by atoms with Crippen LogP contribution in [0.1, 0.15) is 70.3 Å². The van der Waals surface area contributed by atoms with E-state index in [0.29, 0.717) is 11.3 Å². The number of anilines is 1. The number of amides is 6. The first-order valence-electron chi connectivity index (χ1n) is 11.9. The third-order valence-electron chi connectivity index (χ3n) is 5.83. The van der Waals surface area contributed by atoms with E-state index in [0.717, 1.165) is 4.90 Å². The second kappa shape index (κ2) is 10.3. The Labute approximate surface area is 218 Å². The first kappa shape index (κ1) is 26.3. The van der Waals surface area contributed by atoms with Crippen molar-refractivity contribution in [2.24, 2.45) is 0 Å². The molecule has 0 aliphatic carbocycles. The maximum absolute atomic E-state index is 13.2. The first-order valence-corrected chi connectivity index (χ1v) is 11.9. The Hall–Kier alpha value is -4.74. The standard InChI is InChI=1S/C26H27N5O7/c1-26(2,3)38-25(37)30-29-16-8-4-6-14(12-16)21(33)27-13-15-7-5-9-17-20(15)24(36)31(23(17)35)18-10-11-19(32)28-22(18)34/h4-9,12,18,29H,10-11,13H2,1-3H3,(H,27,33)(H,30,37)(H,28,32,34). The molecule has 2 aromatic carbocycles. The van der Waals surface area contributed by atoms with E-state index in [1.807, 2.05) is 0 Å². The minimum absolute atomic E-state index is 0.0218. The molecule has 1 unspecified atom stereocenters. The molecule has 0 aromatic heterocycles. The Morgan fingerprint density at radius 2 is 1.79 bits per heavy atom. The van der Waals surface area contributed by atoms with Crippen molar-refractivity contribution >= 4 is 41.3 Å². The van der Waals surface area contributed by atoms with E-state index in [2.05, 4.69) is 21.5 Å². The smallest absolute Gasteiger partial charge is 0.426 e. The maximum atomic E-state index is 13.2. The summed E-state index contributed by atoms with van der Waals surface area (Å²) in [5.74, 6) is -2.87. The molecule has 0 saturated carbocycles. The number of rotatable bonds is 6. The largest absolute Gasteiger partial charge is 0.443 e. The number of piperidine rings is 1. The zero-order chi connectivity index (χ0) is 27.6. The second-order valence-electron chi connectivity index (χ2n) is 9.80. The summed E-state index contributed by atoms with van der Waals surface area (Å²) in [7, 11) is 0. The molecule has 0 spiro atoms. The molecule has 1 saturated heterocycles. The van der Waals surface area contributed by atoms with Gasteiger partial charge in [0.1, 0.15) is 11.6 Å². The SMILES string of the molecule is CC(C)(C)OC(=O)NNc1cccc(C(=O)NCc2cccc3c2C(=O)N(C2CCC(=O)NC2=O)C3=O)c1. The highest BCUT2D eigenvalue weighted by Crippen LogP contribution is 2.30. The summed E-state index contributed by atoms with van der Waals surface area (Å²) in [6.07, 6.45) is -0.612. The summed E-state index contributed by atoms with van der Waals surface area (Å²) in [4.78, 5) is 75.5. The van der Waals surface area contributed by atoms with Gasteiger partial charge in [-0.15, -0.1) is 0 Å². The number of nitrogens with one attached hydrogen (secondary N) is 4. The topological polar surface area (TPSA) is 163 Å². The van der Waals surface area contributed by atoms with Gasteiger partial charge in [-0.1, -0.05) is 18.2 Å². The third-order valence-corrected chi connectivity index (χ3v) is 5.83. The van der Waals surface area contributed by atoms with Crippen molar-refractivity contribution in [1.29, 1.82) is 0 Å². The van der Waals surface area contributed by atoms with Crippen LogP contribution in [0.15, 0.2) is 42.5 Å². The van der Waals surface area contributed by atoms with Gasteiger partial charge in [-0.2, -0.15) is 0 Å². The summed E-state index contributed by atoms with van der Waals surface area (Å²) in [6, 6.07) is 9.96. The molecule has 2 aromatic rings. The maximum Gasteiger partial charge on any atom is 0.426 e. The molecular formula is C26H27N5O7. The molecule has 12 nitrogen and oxygen atoms in total. The number of nitrogens with zero attached hydrogens (tertiary/aromatic N) is 1. The molecule has 0 radical (unpaired) electrons. The van der Waals surface area contributed by atoms with Crippen molar-refractivity contribution in [1.82, 2.24) is 21.0 Å². The zero-order valence-electron chi connectivity index (χ0n) is 21.0. The molecule has 38 heavy (non-hydrogen) atoms. The molecule has 2 heterocycles. The van der Waals surface area contributed by atoms with E-state index < -0.39 is 47.3 Å². The highest BCUT2D eigenvalue weighted by atomic mass is 16.6. The van der Waals surface area contributed by atoms with Crippen molar-refractivity contribution in [3.05, 3.63) is 64.7 Å². The van der Waals surface area contributed by atoms with E-state index in [9.17, 15) is 28.8 Å². The lowest BCUT2D eigenvalue weighted by molar-refractivity contribution is -0.136. The van der Waals surface area contributed by atoms with Crippen LogP contribution in [-0.2, 0) is 20.9 Å². The first-order chi connectivity index (χ1) is 17.9. The number of hydrogen-bond donors (Lipinski definition) is 4. The lowest BCUT2D eigenvalue weighted by atomic mass is 10.0. The van der Waals surface area contributed by atoms with Gasteiger partial charge in [-0.3, -0.25) is 39.6 Å². The fourth-order valence-corrected chi connectivity index (χ4v) is 4.17. The number of hydrogen-bond acceptors (Lipinski definition) is 8. The molecule has 1 fully saturated rings. The Balaban J connectivity index is 1.43. The van der Waals surface area contributed by atoms with Gasteiger partial charge in [0.05, 0.1) is 16.8 Å². The third kappa shape index (κ3) is 5.64. The number of carbonyl (C=O) groups excluding carboxylic acids is 6. The number of benzene rings is 2. The van der Waals surface area contributed by atoms with Gasteiger partial charge in [0.25, 0.3) is 17.7 Å². The van der Waals surface area contributed by atoms with Crippen molar-refractivity contribution < 1.29 is 33.5 Å². The van der Waals surface area contributed by atoms with Gasteiger partial charge >= 0.3 is 6.09 Å². The number of ether oxygens (including phenoxy) is 1. The summed E-state index contributed by atoms with van der Waals surface area (Å²) >= 11 is 0. The summed E-state index contributed by atoms with van der Waals surface area (Å²) in [5, 5.41) is 4.89. The number of fused-ring (bicyclic) bond motifs is 1. The van der Waals surface area contributed by atoms with Gasteiger partial charge in [0.15, 0.2) is 0 Å². The van der Waals surface area contributed by atoms with E-state index >= 15 is 0 Å². The van der Waals surface area contributed by atoms with Crippen LogP contribution in [0.4, 0.5) is 10.5 Å². The molecule has 198 valence electrons. The predicted octanol–water partition coefficient (Wildman–Crippen LogP) is 1.87. The van der Waals surface area contributed by atoms with Gasteiger partial charge < -0.3 is 10.1 Å². The molecule has 6 amide bonds. The van der Waals surface area contributed by atoms with Crippen LogP contribution in [0.3, 0.4) is 0 Å². The minimum atomic E-state index is -1.08. The normalized spacial score (nSPS) is 17.0. The molecule has 2 aliphatic heterocycles. The predicted molar refractivity (Wildman–Crippen MR) is 134 cm³/mol. The molecule has 12 heteroatoms. The Morgan fingerprint density at radius 1 is 1.05 bits per heavy atom. The van der Waals surface area contributed by atoms with E-state index in [1.54, 1.807) is 51.1 Å². The van der Waals surface area contributed by atoms with Gasteiger partial charge in [0.2, 0.25) is 11.8 Å². The van der Waals surface area contributed by atoms with Crippen molar-refractivity contribution in [2.45, 2.75) is 51.8 Å². The van der Waals surface area contributed by atoms with Crippen LogP contribution in [-0.4, -0.2) is 52.2 Å². The van der Waals surface area contributed by atoms with Gasteiger partial charge in [-0.05, 0) is 57.0 Å². The second-order valence-corrected chi connectivity index (χ2v) is 9.80. The zero-order valence-corrected chi connectivity index (χ0v) is 21.0. The molecular weight excluding hydrogens is 494 g/mol. The number of hydrazine groups is 1. The Kier molecular flexibility index (Phi) is 7.15. The number of carbonyl (C=O) groups is 6. The van der Waals surface area contributed by atoms with Crippen LogP contribution >= 0.6 is 0 Å². The monoisotopic (exact) mass is 521 g/mol. The lowest BCUT2D eigenvalue weighted by Crippen LogP contribution is -2.54. The van der Waals surface area contributed by atoms with E-state index in [1.165, 1.54) is 12.1 Å². The van der Waals surface area contributed by atoms with Gasteiger partial charge in [0, 0.05) is 18.5 Å². The summed E-state index contributed by atoms with van der Waals surface area (Å²) in [6.45, 7) is 5.14. The average molecular weight is 522 g/mol. The number of imide groups is 2. The van der Waals surface area contributed by atoms with Crippen molar-refractivity contribution in [2.75, 3.05) is 5.43 Å². The minimum Gasteiger partial charge on any atom is -0.443 e. The molecule has 4 rings (SSSR count). The van der Waals surface area contributed by atoms with Crippen molar-refractivity contribution in [3.63, 3.8) is 0 Å². The summed E-state index contributed by atoms with van der Waals surface area (Å²) < 4.78 is 5.15. The van der Waals surface area contributed by atoms with Crippen LogP contribution in [0, 0.1) is 0 Å². The van der Waals surface area contributed by atoms with Crippen LogP contribution in [0.2, 0.25) is 0 Å². The molecule has 2 aliphatic rings. The average Bonchev–Trinajstić information content (AvgIpc) is 3.11. The Morgan fingerprint density at radius 3 is 2.50 bits per heavy atom. The fraction of sp³-hybridized carbons (Fsp3) is 0.308. The van der Waals surface area contributed by atoms with E-state index in [-0.39, 0.29) is 36.1 Å². The fourth-order valence-electron chi connectivity index (χ4n) is 4.17. The van der Waals surface area contributed by atoms with Crippen LogP contribution in [0.25, 0.3) is 0 Å². The van der Waals surface area contributed by atoms with E-state index in [4.69, 9.17) is 4.74 Å². The van der Waals surface area contributed by atoms with Crippen LogP contribution < -0.4 is 21.5 Å². The molecule has 1 atom stereocenters. The molecule has 0 bridgehead atoms. The van der Waals surface area contributed by atoms with Crippen molar-refractivity contribution in [3.8, 4) is 0 Å². The highest BCUT2D eigenvalue weighted by molar-refractivity contribution is 6.24. The highest BCUT2D eigenvalue weighted by Gasteiger charge is 2.45. The molecule has 4 N–H and O–H groups in total.